The summed E-state index contributed by atoms with van der Waals surface area (Å²) in [4.78, 5) is 11.1. The van der Waals surface area contributed by atoms with Crippen molar-refractivity contribution >= 4 is 12.9 Å². The molecule has 40 heavy (non-hydrogen) atoms. The molecule has 2 aromatic carbocycles. The summed E-state index contributed by atoms with van der Waals surface area (Å²) in [5.74, 6) is 0.471. The molecule has 0 bridgehead atoms. The molecule has 0 saturated heterocycles. The van der Waals surface area contributed by atoms with Gasteiger partial charge in [0.1, 0.15) is 5.75 Å². The van der Waals surface area contributed by atoms with E-state index < -0.39 is 7.60 Å². The molecule has 0 aliphatic heterocycles. The smallest absolute Gasteiger partial charge is 0.408 e. The lowest BCUT2D eigenvalue weighted by Gasteiger charge is -2.18. The van der Waals surface area contributed by atoms with E-state index in [0.29, 0.717) is 11.1 Å². The maximum Gasteiger partial charge on any atom is 0.408 e. The molecule has 0 aliphatic carbocycles. The highest BCUT2D eigenvalue weighted by molar-refractivity contribution is 7.61. The van der Waals surface area contributed by atoms with Crippen LogP contribution in [-0.4, -0.2) is 4.89 Å². The van der Waals surface area contributed by atoms with Crippen LogP contribution in [0.25, 0.3) is 0 Å². The molecule has 2 aromatic rings. The molecule has 3 nitrogen and oxygen atoms in total. The van der Waals surface area contributed by atoms with Gasteiger partial charge in [-0.05, 0) is 73.4 Å². The fraction of sp³-hybridized carbons (Fsp3) is 0.667. The lowest BCUT2D eigenvalue weighted by molar-refractivity contribution is 0.393. The predicted molar refractivity (Wildman–Crippen MR) is 174 cm³/mol. The van der Waals surface area contributed by atoms with Crippen LogP contribution in [-0.2, 0) is 23.8 Å². The summed E-state index contributed by atoms with van der Waals surface area (Å²) >= 11 is 0. The summed E-state index contributed by atoms with van der Waals surface area (Å²) in [5, 5.41) is 0.476. The Hall–Kier alpha value is -1.57. The van der Waals surface area contributed by atoms with Gasteiger partial charge >= 0.3 is 7.60 Å². The highest BCUT2D eigenvalue weighted by Crippen LogP contribution is 2.43. The van der Waals surface area contributed by atoms with Crippen molar-refractivity contribution in [1.29, 1.82) is 0 Å². The third-order valence-corrected chi connectivity index (χ3v) is 9.54. The van der Waals surface area contributed by atoms with Gasteiger partial charge in [-0.1, -0.05) is 141 Å². The summed E-state index contributed by atoms with van der Waals surface area (Å²) in [6.07, 6.45) is 25.5. The SMILES string of the molecule is CCCCCCCCc1ccc(OP(=O)(O)c2ccc(CCCCCCCC)cc2CCCCCCCC)cc1. The number of aryl methyl sites for hydroxylation is 3. The number of rotatable bonds is 24. The Morgan fingerprint density at radius 1 is 0.550 bits per heavy atom. The molecule has 1 unspecified atom stereocenters. The number of benzene rings is 2. The lowest BCUT2D eigenvalue weighted by Crippen LogP contribution is -2.16. The first-order valence-corrected chi connectivity index (χ1v) is 18.3. The van der Waals surface area contributed by atoms with Crippen molar-refractivity contribution in [2.24, 2.45) is 0 Å². The maximum absolute atomic E-state index is 13.6. The molecule has 1 atom stereocenters. The van der Waals surface area contributed by atoms with E-state index in [1.165, 1.54) is 114 Å². The largest absolute Gasteiger partial charge is 0.421 e. The highest BCUT2D eigenvalue weighted by atomic mass is 31.2. The van der Waals surface area contributed by atoms with Crippen molar-refractivity contribution in [3.63, 3.8) is 0 Å². The molecule has 0 saturated carbocycles. The molecule has 0 radical (unpaired) electrons. The number of hydrogen-bond donors (Lipinski definition) is 1. The summed E-state index contributed by atoms with van der Waals surface area (Å²) in [7, 11) is -3.99. The van der Waals surface area contributed by atoms with E-state index in [0.717, 1.165) is 37.7 Å². The molecule has 0 fully saturated rings. The Bertz CT molecular complexity index is 953. The van der Waals surface area contributed by atoms with Gasteiger partial charge in [-0.2, -0.15) is 0 Å². The first-order chi connectivity index (χ1) is 19.5. The maximum atomic E-state index is 13.6. The van der Waals surface area contributed by atoms with E-state index in [4.69, 9.17) is 4.52 Å². The third kappa shape index (κ3) is 14.4. The van der Waals surface area contributed by atoms with Crippen molar-refractivity contribution < 1.29 is 14.0 Å². The van der Waals surface area contributed by atoms with Gasteiger partial charge in [0.15, 0.2) is 0 Å². The van der Waals surface area contributed by atoms with Gasteiger partial charge in [-0.15, -0.1) is 0 Å². The summed E-state index contributed by atoms with van der Waals surface area (Å²) < 4.78 is 19.4. The van der Waals surface area contributed by atoms with Crippen LogP contribution in [0.2, 0.25) is 0 Å². The van der Waals surface area contributed by atoms with Crippen LogP contribution >= 0.6 is 7.60 Å². The second kappa shape index (κ2) is 21.2. The fourth-order valence-corrected chi connectivity index (χ4v) is 6.80. The summed E-state index contributed by atoms with van der Waals surface area (Å²) in [6.45, 7) is 6.74. The zero-order valence-electron chi connectivity index (χ0n) is 26.1. The monoisotopic (exact) mass is 570 g/mol. The van der Waals surface area contributed by atoms with Crippen molar-refractivity contribution in [3.8, 4) is 5.75 Å². The van der Waals surface area contributed by atoms with Crippen molar-refractivity contribution in [3.05, 3.63) is 59.2 Å². The van der Waals surface area contributed by atoms with Crippen molar-refractivity contribution in [1.82, 2.24) is 0 Å². The molecule has 226 valence electrons. The van der Waals surface area contributed by atoms with Gasteiger partial charge in [0.2, 0.25) is 0 Å². The second-order valence-electron chi connectivity index (χ2n) is 11.8. The van der Waals surface area contributed by atoms with E-state index in [1.54, 1.807) is 0 Å². The minimum atomic E-state index is -3.99. The van der Waals surface area contributed by atoms with Crippen LogP contribution in [0.1, 0.15) is 153 Å². The van der Waals surface area contributed by atoms with Gasteiger partial charge < -0.3 is 9.42 Å². The Labute approximate surface area is 247 Å². The lowest BCUT2D eigenvalue weighted by atomic mass is 10.00. The quantitative estimate of drug-likeness (QED) is 0.101. The van der Waals surface area contributed by atoms with Crippen LogP contribution in [0.5, 0.6) is 5.75 Å². The van der Waals surface area contributed by atoms with Crippen LogP contribution < -0.4 is 9.83 Å². The first kappa shape index (κ1) is 34.6. The average molecular weight is 571 g/mol. The minimum Gasteiger partial charge on any atom is -0.421 e. The number of hydrogen-bond acceptors (Lipinski definition) is 2. The molecule has 2 rings (SSSR count). The van der Waals surface area contributed by atoms with Gasteiger partial charge in [0.25, 0.3) is 0 Å². The van der Waals surface area contributed by atoms with Crippen LogP contribution in [0, 0.1) is 0 Å². The van der Waals surface area contributed by atoms with Crippen molar-refractivity contribution in [2.75, 3.05) is 0 Å². The Morgan fingerprint density at radius 3 is 1.50 bits per heavy atom. The predicted octanol–water partition coefficient (Wildman–Crippen LogP) is 11.3. The first-order valence-electron chi connectivity index (χ1n) is 16.7. The van der Waals surface area contributed by atoms with Gasteiger partial charge in [0, 0.05) is 0 Å². The normalized spacial score (nSPS) is 12.9. The zero-order chi connectivity index (χ0) is 28.9. The molecular formula is C36H59O3P. The minimum absolute atomic E-state index is 0.471. The Morgan fingerprint density at radius 2 is 0.975 bits per heavy atom. The molecular weight excluding hydrogens is 511 g/mol. The third-order valence-electron chi connectivity index (χ3n) is 8.04. The molecule has 1 N–H and O–H groups in total. The fourth-order valence-electron chi connectivity index (χ4n) is 5.49. The molecule has 0 heterocycles. The van der Waals surface area contributed by atoms with Gasteiger partial charge in [-0.3, -0.25) is 0 Å². The average Bonchev–Trinajstić information content (AvgIpc) is 2.95. The highest BCUT2D eigenvalue weighted by Gasteiger charge is 2.28. The summed E-state index contributed by atoms with van der Waals surface area (Å²) in [5.41, 5.74) is 3.53. The van der Waals surface area contributed by atoms with Gasteiger partial charge in [-0.25, -0.2) is 4.57 Å². The van der Waals surface area contributed by atoms with E-state index in [1.807, 2.05) is 36.4 Å². The number of unbranched alkanes of at least 4 members (excludes halogenated alkanes) is 15. The van der Waals surface area contributed by atoms with Gasteiger partial charge in [0.05, 0.1) is 5.30 Å². The van der Waals surface area contributed by atoms with Crippen LogP contribution in [0.3, 0.4) is 0 Å². The van der Waals surface area contributed by atoms with E-state index >= 15 is 0 Å². The van der Waals surface area contributed by atoms with E-state index in [9.17, 15) is 9.46 Å². The summed E-state index contributed by atoms with van der Waals surface area (Å²) in [6, 6.07) is 13.9. The standard InChI is InChI=1S/C36H59O3P/c1-4-7-10-13-16-19-22-32-25-28-35(29-26-32)39-40(37,38)36-30-27-33(23-20-17-14-11-8-5-2)31-34(36)24-21-18-15-12-9-6-3/h25-31H,4-24H2,1-3H3,(H,37,38). The van der Waals surface area contributed by atoms with Crippen molar-refractivity contribution in [2.45, 2.75) is 156 Å². The Kier molecular flexibility index (Phi) is 18.3. The topological polar surface area (TPSA) is 46.5 Å². The van der Waals surface area contributed by atoms with E-state index in [-0.39, 0.29) is 0 Å². The molecule has 4 heteroatoms. The molecule has 0 aromatic heterocycles. The van der Waals surface area contributed by atoms with Crippen LogP contribution in [0.15, 0.2) is 42.5 Å². The molecule has 0 aliphatic rings. The van der Waals surface area contributed by atoms with E-state index in [2.05, 4.69) is 26.8 Å². The molecule has 0 amide bonds. The van der Waals surface area contributed by atoms with Crippen LogP contribution in [0.4, 0.5) is 0 Å². The second-order valence-corrected chi connectivity index (χ2v) is 13.5. The Balaban J connectivity index is 2.01. The zero-order valence-corrected chi connectivity index (χ0v) is 27.0. The molecule has 0 spiro atoms.